The molecule has 1 aromatic heterocycles. The molecule has 0 bridgehead atoms. The minimum absolute atomic E-state index is 0.0172. The van der Waals surface area contributed by atoms with E-state index in [1.54, 1.807) is 25.6 Å². The lowest BCUT2D eigenvalue weighted by atomic mass is 9.96. The molecule has 32 heavy (non-hydrogen) atoms. The summed E-state index contributed by atoms with van der Waals surface area (Å²) >= 11 is 0. The lowest BCUT2D eigenvalue weighted by Crippen LogP contribution is -2.45. The highest BCUT2D eigenvalue weighted by Crippen LogP contribution is 2.22. The van der Waals surface area contributed by atoms with E-state index in [9.17, 15) is 9.59 Å². The maximum Gasteiger partial charge on any atom is 0.243 e. The zero-order valence-electron chi connectivity index (χ0n) is 18.4. The number of amides is 2. The minimum atomic E-state index is -0.207. The first-order valence-corrected chi connectivity index (χ1v) is 11.1. The maximum atomic E-state index is 13.0. The molecule has 1 atom stereocenters. The third-order valence-electron chi connectivity index (χ3n) is 5.93. The quantitative estimate of drug-likeness (QED) is 0.733. The number of nitrogens with one attached hydrogen (secondary N) is 1. The van der Waals surface area contributed by atoms with Gasteiger partial charge in [-0.2, -0.15) is 0 Å². The fourth-order valence-electron chi connectivity index (χ4n) is 4.22. The highest BCUT2D eigenvalue weighted by molar-refractivity contribution is 5.95. The molecule has 2 amide bonds. The SMILES string of the molecule is CN(CC(=O)Nc1ccc(N2CCOCC2)cc1)C(=O)C1CCCN(c2cnccn2)C1. The average Bonchev–Trinajstić information content (AvgIpc) is 2.85. The number of benzene rings is 1. The van der Waals surface area contributed by atoms with Crippen LogP contribution < -0.4 is 15.1 Å². The summed E-state index contributed by atoms with van der Waals surface area (Å²) in [6, 6.07) is 7.78. The summed E-state index contributed by atoms with van der Waals surface area (Å²) in [5, 5.41) is 2.89. The first kappa shape index (κ1) is 22.0. The summed E-state index contributed by atoms with van der Waals surface area (Å²) in [6.45, 7) is 4.67. The van der Waals surface area contributed by atoms with Crippen LogP contribution in [0.5, 0.6) is 0 Å². The van der Waals surface area contributed by atoms with Gasteiger partial charge in [0, 0.05) is 57.0 Å². The smallest absolute Gasteiger partial charge is 0.243 e. The molecule has 2 aliphatic rings. The lowest BCUT2D eigenvalue weighted by Gasteiger charge is -2.34. The Kier molecular flexibility index (Phi) is 7.16. The molecule has 0 aliphatic carbocycles. The molecular weight excluding hydrogens is 408 g/mol. The average molecular weight is 439 g/mol. The van der Waals surface area contributed by atoms with Crippen LogP contribution in [0.4, 0.5) is 17.2 Å². The van der Waals surface area contributed by atoms with Crippen LogP contribution in [0.3, 0.4) is 0 Å². The largest absolute Gasteiger partial charge is 0.378 e. The van der Waals surface area contributed by atoms with Gasteiger partial charge in [0.2, 0.25) is 11.8 Å². The van der Waals surface area contributed by atoms with Crippen molar-refractivity contribution in [3.8, 4) is 0 Å². The normalized spacial score (nSPS) is 18.8. The van der Waals surface area contributed by atoms with Gasteiger partial charge in [0.05, 0.1) is 31.9 Å². The molecule has 0 spiro atoms. The third-order valence-corrected chi connectivity index (χ3v) is 5.93. The van der Waals surface area contributed by atoms with Gasteiger partial charge < -0.3 is 24.8 Å². The zero-order valence-corrected chi connectivity index (χ0v) is 18.4. The van der Waals surface area contributed by atoms with Gasteiger partial charge >= 0.3 is 0 Å². The molecule has 1 N–H and O–H groups in total. The molecule has 170 valence electrons. The van der Waals surface area contributed by atoms with Gasteiger partial charge in [-0.15, -0.1) is 0 Å². The maximum absolute atomic E-state index is 13.0. The van der Waals surface area contributed by atoms with Crippen molar-refractivity contribution >= 4 is 29.0 Å². The van der Waals surface area contributed by atoms with Gasteiger partial charge in [-0.1, -0.05) is 0 Å². The van der Waals surface area contributed by atoms with E-state index in [0.717, 1.165) is 62.9 Å². The van der Waals surface area contributed by atoms with E-state index in [0.29, 0.717) is 6.54 Å². The fourth-order valence-corrected chi connectivity index (χ4v) is 4.22. The van der Waals surface area contributed by atoms with Crippen molar-refractivity contribution < 1.29 is 14.3 Å². The number of nitrogens with zero attached hydrogens (tertiary/aromatic N) is 5. The summed E-state index contributed by atoms with van der Waals surface area (Å²) < 4.78 is 5.39. The van der Waals surface area contributed by atoms with Gasteiger partial charge in [-0.3, -0.25) is 14.6 Å². The Morgan fingerprint density at radius 1 is 1.12 bits per heavy atom. The molecule has 2 fully saturated rings. The van der Waals surface area contributed by atoms with E-state index in [2.05, 4.69) is 25.1 Å². The van der Waals surface area contributed by atoms with Crippen molar-refractivity contribution in [3.63, 3.8) is 0 Å². The van der Waals surface area contributed by atoms with Crippen molar-refractivity contribution in [3.05, 3.63) is 42.9 Å². The first-order chi connectivity index (χ1) is 15.6. The number of hydrogen-bond acceptors (Lipinski definition) is 7. The summed E-state index contributed by atoms with van der Waals surface area (Å²) in [5.74, 6) is 0.403. The van der Waals surface area contributed by atoms with E-state index < -0.39 is 0 Å². The molecule has 0 radical (unpaired) electrons. The van der Waals surface area contributed by atoms with E-state index in [-0.39, 0.29) is 24.3 Å². The van der Waals surface area contributed by atoms with E-state index in [4.69, 9.17) is 4.74 Å². The van der Waals surface area contributed by atoms with Crippen LogP contribution in [0.15, 0.2) is 42.9 Å². The molecule has 9 heteroatoms. The second-order valence-electron chi connectivity index (χ2n) is 8.24. The van der Waals surface area contributed by atoms with Crippen molar-refractivity contribution in [2.75, 3.05) is 68.1 Å². The number of carbonyl (C=O) groups excluding carboxylic acids is 2. The molecule has 1 aromatic carbocycles. The van der Waals surface area contributed by atoms with Crippen LogP contribution in [0, 0.1) is 5.92 Å². The van der Waals surface area contributed by atoms with E-state index in [1.807, 2.05) is 24.3 Å². The summed E-state index contributed by atoms with van der Waals surface area (Å²) in [6.07, 6.45) is 6.73. The van der Waals surface area contributed by atoms with Crippen molar-refractivity contribution in [1.29, 1.82) is 0 Å². The Balaban J connectivity index is 1.27. The van der Waals surface area contributed by atoms with Gasteiger partial charge in [0.25, 0.3) is 0 Å². The number of likely N-dealkylation sites (N-methyl/N-ethyl adjacent to an activating group) is 1. The molecule has 2 saturated heterocycles. The van der Waals surface area contributed by atoms with Crippen molar-refractivity contribution in [1.82, 2.24) is 14.9 Å². The molecule has 1 unspecified atom stereocenters. The number of aromatic nitrogens is 2. The van der Waals surface area contributed by atoms with Gasteiger partial charge in [-0.05, 0) is 37.1 Å². The van der Waals surface area contributed by atoms with E-state index >= 15 is 0 Å². The number of ether oxygens (including phenoxy) is 1. The Morgan fingerprint density at radius 3 is 2.62 bits per heavy atom. The highest BCUT2D eigenvalue weighted by atomic mass is 16.5. The second-order valence-corrected chi connectivity index (χ2v) is 8.24. The summed E-state index contributed by atoms with van der Waals surface area (Å²) in [5.41, 5.74) is 1.84. The zero-order chi connectivity index (χ0) is 22.3. The van der Waals surface area contributed by atoms with Crippen LogP contribution in [-0.2, 0) is 14.3 Å². The summed E-state index contributed by atoms with van der Waals surface area (Å²) in [4.78, 5) is 39.8. The standard InChI is InChI=1S/C23H30N6O3/c1-27(23(31)18-3-2-10-29(16-18)21-15-24-8-9-25-21)17-22(30)26-19-4-6-20(7-5-19)28-11-13-32-14-12-28/h4-9,15,18H,2-3,10-14,16-17H2,1H3,(H,26,30). The fraction of sp³-hybridized carbons (Fsp3) is 0.478. The minimum Gasteiger partial charge on any atom is -0.378 e. The summed E-state index contributed by atoms with van der Waals surface area (Å²) in [7, 11) is 1.69. The number of carbonyl (C=O) groups is 2. The number of hydrogen-bond donors (Lipinski definition) is 1. The molecular formula is C23H30N6O3. The predicted octanol–water partition coefficient (Wildman–Crippen LogP) is 1.63. The molecule has 3 heterocycles. The van der Waals surface area contributed by atoms with Crippen LogP contribution in [0.1, 0.15) is 12.8 Å². The Bertz CT molecular complexity index is 902. The Labute approximate surface area is 188 Å². The van der Waals surface area contributed by atoms with Crippen LogP contribution in [0.25, 0.3) is 0 Å². The predicted molar refractivity (Wildman–Crippen MR) is 123 cm³/mol. The van der Waals surface area contributed by atoms with E-state index in [1.165, 1.54) is 4.90 Å². The van der Waals surface area contributed by atoms with Gasteiger partial charge in [0.1, 0.15) is 5.82 Å². The number of anilines is 3. The number of rotatable bonds is 6. The van der Waals surface area contributed by atoms with Crippen LogP contribution in [-0.4, -0.2) is 79.7 Å². The first-order valence-electron chi connectivity index (χ1n) is 11.1. The molecule has 2 aliphatic heterocycles. The van der Waals surface area contributed by atoms with Crippen LogP contribution >= 0.6 is 0 Å². The monoisotopic (exact) mass is 438 g/mol. The van der Waals surface area contributed by atoms with Crippen molar-refractivity contribution in [2.24, 2.45) is 5.92 Å². The number of piperidine rings is 1. The molecule has 2 aromatic rings. The number of morpholine rings is 1. The van der Waals surface area contributed by atoms with Crippen LogP contribution in [0.2, 0.25) is 0 Å². The molecule has 0 saturated carbocycles. The Hall–Kier alpha value is -3.20. The van der Waals surface area contributed by atoms with Gasteiger partial charge in [-0.25, -0.2) is 4.98 Å². The third kappa shape index (κ3) is 5.53. The Morgan fingerprint density at radius 2 is 1.91 bits per heavy atom. The van der Waals surface area contributed by atoms with Crippen molar-refractivity contribution in [2.45, 2.75) is 12.8 Å². The molecule has 9 nitrogen and oxygen atoms in total. The second kappa shape index (κ2) is 10.4. The molecule has 4 rings (SSSR count). The topological polar surface area (TPSA) is 90.9 Å². The van der Waals surface area contributed by atoms with Gasteiger partial charge in [0.15, 0.2) is 0 Å². The lowest BCUT2D eigenvalue weighted by molar-refractivity contribution is -0.137. The highest BCUT2D eigenvalue weighted by Gasteiger charge is 2.29.